The van der Waals surface area contributed by atoms with E-state index >= 15 is 0 Å². The molecule has 3 nitrogen and oxygen atoms in total. The lowest BCUT2D eigenvalue weighted by Gasteiger charge is -2.21. The molecule has 0 radical (unpaired) electrons. The monoisotopic (exact) mass is 1330 g/mol. The van der Waals surface area contributed by atoms with E-state index in [0.29, 0.717) is 0 Å². The van der Waals surface area contributed by atoms with Gasteiger partial charge in [-0.1, -0.05) is 279 Å². The Bertz CT molecular complexity index is 5760. The van der Waals surface area contributed by atoms with Crippen LogP contribution in [0.25, 0.3) is 178 Å². The number of hydrogen-bond donors (Lipinski definition) is 0. The summed E-state index contributed by atoms with van der Waals surface area (Å²) >= 11 is 0. The SMILES string of the molecule is Cc1cc(-c2ccc(-c3ccccc3-c3cc(-c4ccccc4-c4ccc(-c5ccccn5)cc4-c4cccc(-c5ccccc5)c4)cc(-c4ccccc4-c4ccc(-c5ccccn5)cc4-c4cccc(-c5ccccc5)c4)c3)c(-c3cccc(-c4ccccc4)c3)c2)ncc1-c1cccc(F)c1. The van der Waals surface area contributed by atoms with Crippen molar-refractivity contribution in [1.29, 1.82) is 0 Å². The average Bonchev–Trinajstić information content (AvgIpc) is 0.766. The molecule has 3 aromatic heterocycles. The van der Waals surface area contributed by atoms with Crippen molar-refractivity contribution in [2.75, 3.05) is 0 Å². The summed E-state index contributed by atoms with van der Waals surface area (Å²) in [6, 6.07) is 134. The summed E-state index contributed by atoms with van der Waals surface area (Å²) in [5, 5.41) is 0. The molecule has 104 heavy (non-hydrogen) atoms. The number of aryl methyl sites for hydroxylation is 1. The molecule has 0 N–H and O–H groups in total. The van der Waals surface area contributed by atoms with Crippen LogP contribution in [0.4, 0.5) is 4.39 Å². The van der Waals surface area contributed by atoms with E-state index in [9.17, 15) is 4.39 Å². The van der Waals surface area contributed by atoms with Crippen LogP contribution in [-0.4, -0.2) is 15.0 Å². The highest BCUT2D eigenvalue weighted by atomic mass is 19.1. The molecule has 0 saturated carbocycles. The maximum atomic E-state index is 14.7. The zero-order chi connectivity index (χ0) is 69.7. The fraction of sp³-hybridized carbons (Fsp3) is 0.0100. The van der Waals surface area contributed by atoms with Gasteiger partial charge in [0.25, 0.3) is 0 Å². The number of pyridine rings is 3. The summed E-state index contributed by atoms with van der Waals surface area (Å²) in [5.41, 5.74) is 34.7. The summed E-state index contributed by atoms with van der Waals surface area (Å²) in [7, 11) is 0. The summed E-state index contributed by atoms with van der Waals surface area (Å²) in [6.07, 6.45) is 5.61. The Balaban J connectivity index is 0.888. The number of halogens is 1. The molecule has 0 unspecified atom stereocenters. The topological polar surface area (TPSA) is 38.7 Å². The molecule has 0 bridgehead atoms. The Morgan fingerprint density at radius 3 is 0.827 bits per heavy atom. The van der Waals surface area contributed by atoms with E-state index in [0.717, 1.165) is 184 Å². The summed E-state index contributed by atoms with van der Waals surface area (Å²) < 4.78 is 14.7. The fourth-order valence-electron chi connectivity index (χ4n) is 14.8. The first-order chi connectivity index (χ1) is 51.4. The Labute approximate surface area is 607 Å². The van der Waals surface area contributed by atoms with Crippen LogP contribution in [0.5, 0.6) is 0 Å². The number of hydrogen-bond acceptors (Lipinski definition) is 3. The fourth-order valence-corrected chi connectivity index (χ4v) is 14.8. The van der Waals surface area contributed by atoms with Crippen LogP contribution in [0.15, 0.2) is 395 Å². The molecule has 0 atom stereocenters. The van der Waals surface area contributed by atoms with E-state index in [1.54, 1.807) is 12.1 Å². The second-order valence-electron chi connectivity index (χ2n) is 26.4. The molecule has 3 heterocycles. The molecule has 0 fully saturated rings. The third-order valence-corrected chi connectivity index (χ3v) is 19.9. The normalized spacial score (nSPS) is 11.2. The van der Waals surface area contributed by atoms with Crippen LogP contribution in [0, 0.1) is 12.7 Å². The second-order valence-corrected chi connectivity index (χ2v) is 26.4. The number of aromatic nitrogens is 3. The quantitative estimate of drug-likeness (QED) is 0.0968. The van der Waals surface area contributed by atoms with Crippen LogP contribution < -0.4 is 0 Å². The Morgan fingerprint density at radius 2 is 0.471 bits per heavy atom. The Hall–Kier alpha value is -13.5. The molecule has 17 rings (SSSR count). The predicted molar refractivity (Wildman–Crippen MR) is 431 cm³/mol. The van der Waals surface area contributed by atoms with E-state index in [1.807, 2.05) is 36.8 Å². The van der Waals surface area contributed by atoms with Gasteiger partial charge in [-0.15, -0.1) is 0 Å². The van der Waals surface area contributed by atoms with Gasteiger partial charge in [-0.25, -0.2) is 4.39 Å². The molecule has 490 valence electrons. The Kier molecular flexibility index (Phi) is 17.6. The lowest BCUT2D eigenvalue weighted by Crippen LogP contribution is -1.95. The smallest absolute Gasteiger partial charge is 0.123 e. The van der Waals surface area contributed by atoms with Gasteiger partial charge in [0, 0.05) is 40.8 Å². The maximum absolute atomic E-state index is 14.7. The molecule has 17 aromatic rings. The molecule has 4 heteroatoms. The van der Waals surface area contributed by atoms with Crippen molar-refractivity contribution in [2.45, 2.75) is 6.92 Å². The molecule has 0 saturated heterocycles. The van der Waals surface area contributed by atoms with Crippen LogP contribution >= 0.6 is 0 Å². The van der Waals surface area contributed by atoms with Gasteiger partial charge in [-0.05, 0) is 249 Å². The molecule has 0 aliphatic carbocycles. The number of nitrogens with zero attached hydrogens (tertiary/aromatic N) is 3. The van der Waals surface area contributed by atoms with E-state index in [-0.39, 0.29) is 5.82 Å². The summed E-state index contributed by atoms with van der Waals surface area (Å²) in [4.78, 5) is 14.8. The molecule has 0 spiro atoms. The lowest BCUT2D eigenvalue weighted by molar-refractivity contribution is 0.628. The van der Waals surface area contributed by atoms with Gasteiger partial charge in [-0.3, -0.25) is 15.0 Å². The standard InChI is InChI=1S/C100H68FN3/c1-67-55-100(104-66-97(67)77-37-24-38-84(101)62-77)80-49-52-93(96(65-80)76-36-23-33-73(58-76)70-29-9-4-10-30-70)90-44-16-13-41-87(90)83-60-81(85-39-11-14-42-88(85)91-50-47-78(98-45-17-19-53-102-98)63-94(91)74-34-21-31-71(56-74)68-25-5-2-6-26-68)59-82(61-83)86-40-12-15-43-89(86)92-51-48-79(99-46-18-20-54-103-99)64-95(92)75-35-22-32-72(57-75)69-27-7-3-8-28-69/h2-66H,1H3. The minimum absolute atomic E-state index is 0.279. The highest BCUT2D eigenvalue weighted by Gasteiger charge is 2.23. The molecule has 0 aliphatic rings. The van der Waals surface area contributed by atoms with E-state index in [1.165, 1.54) is 6.07 Å². The maximum Gasteiger partial charge on any atom is 0.123 e. The third kappa shape index (κ3) is 13.1. The van der Waals surface area contributed by atoms with Crippen molar-refractivity contribution in [3.05, 3.63) is 406 Å². The van der Waals surface area contributed by atoms with Gasteiger partial charge in [0.05, 0.1) is 17.1 Å². The minimum atomic E-state index is -0.279. The van der Waals surface area contributed by atoms with Gasteiger partial charge in [-0.2, -0.15) is 0 Å². The van der Waals surface area contributed by atoms with Crippen molar-refractivity contribution in [3.8, 4) is 178 Å². The largest absolute Gasteiger partial charge is 0.256 e. The lowest BCUT2D eigenvalue weighted by atomic mass is 9.83. The zero-order valence-corrected chi connectivity index (χ0v) is 57.2. The van der Waals surface area contributed by atoms with Gasteiger partial charge in [0.2, 0.25) is 0 Å². The van der Waals surface area contributed by atoms with Crippen LogP contribution in [0.3, 0.4) is 0 Å². The van der Waals surface area contributed by atoms with E-state index < -0.39 is 0 Å². The summed E-state index contributed by atoms with van der Waals surface area (Å²) in [5.74, 6) is -0.279. The molecule has 0 amide bonds. The van der Waals surface area contributed by atoms with Gasteiger partial charge >= 0.3 is 0 Å². The van der Waals surface area contributed by atoms with Gasteiger partial charge in [0.15, 0.2) is 0 Å². The summed E-state index contributed by atoms with van der Waals surface area (Å²) in [6.45, 7) is 2.08. The van der Waals surface area contributed by atoms with Crippen molar-refractivity contribution < 1.29 is 4.39 Å². The van der Waals surface area contributed by atoms with E-state index in [4.69, 9.17) is 15.0 Å². The number of benzene rings is 14. The highest BCUT2D eigenvalue weighted by molar-refractivity contribution is 6.01. The minimum Gasteiger partial charge on any atom is -0.256 e. The predicted octanol–water partition coefficient (Wildman–Crippen LogP) is 27.0. The number of rotatable bonds is 16. The first kappa shape index (κ1) is 63.9. The molecular formula is C100H68FN3. The first-order valence-corrected chi connectivity index (χ1v) is 35.3. The van der Waals surface area contributed by atoms with Crippen molar-refractivity contribution in [1.82, 2.24) is 15.0 Å². The third-order valence-electron chi connectivity index (χ3n) is 19.9. The molecular weight excluding hydrogens is 1260 g/mol. The van der Waals surface area contributed by atoms with Crippen molar-refractivity contribution in [3.63, 3.8) is 0 Å². The van der Waals surface area contributed by atoms with Crippen molar-refractivity contribution in [2.24, 2.45) is 0 Å². The van der Waals surface area contributed by atoms with Gasteiger partial charge < -0.3 is 0 Å². The van der Waals surface area contributed by atoms with Crippen LogP contribution in [0.1, 0.15) is 5.56 Å². The molecule has 0 aliphatic heterocycles. The zero-order valence-electron chi connectivity index (χ0n) is 57.2. The highest BCUT2D eigenvalue weighted by Crippen LogP contribution is 2.49. The van der Waals surface area contributed by atoms with Crippen molar-refractivity contribution >= 4 is 0 Å². The Morgan fingerprint density at radius 1 is 0.173 bits per heavy atom. The van der Waals surface area contributed by atoms with Gasteiger partial charge in [0.1, 0.15) is 5.82 Å². The molecule has 14 aromatic carbocycles. The second kappa shape index (κ2) is 28.6. The average molecular weight is 1330 g/mol. The van der Waals surface area contributed by atoms with E-state index in [2.05, 4.69) is 347 Å². The first-order valence-electron chi connectivity index (χ1n) is 35.3. The van der Waals surface area contributed by atoms with Crippen LogP contribution in [-0.2, 0) is 0 Å². The van der Waals surface area contributed by atoms with Crippen LogP contribution in [0.2, 0.25) is 0 Å².